The number of likely N-dealkylation sites (N-methyl/N-ethyl adjacent to an activating group) is 1. The Hall–Kier alpha value is -0.320. The van der Waals surface area contributed by atoms with E-state index in [9.17, 15) is 0 Å². The first-order chi connectivity index (χ1) is 8.58. The minimum atomic E-state index is 0.123. The van der Waals surface area contributed by atoms with Crippen LogP contribution in [0.5, 0.6) is 0 Å². The number of halogens is 2. The number of hydrogen-bond donors (Lipinski definition) is 1. The molecule has 0 aliphatic carbocycles. The van der Waals surface area contributed by atoms with Crippen LogP contribution in [0, 0.1) is 0 Å². The minimum absolute atomic E-state index is 0.123. The zero-order valence-electron chi connectivity index (χ0n) is 10.8. The second kappa shape index (κ2) is 7.97. The van der Waals surface area contributed by atoms with E-state index in [-0.39, 0.29) is 6.04 Å². The lowest BCUT2D eigenvalue weighted by atomic mass is 10.1. The van der Waals surface area contributed by atoms with Crippen LogP contribution in [-0.4, -0.2) is 38.8 Å². The van der Waals surface area contributed by atoms with E-state index in [0.717, 1.165) is 25.1 Å². The molecular weight excluding hydrogens is 271 g/mol. The van der Waals surface area contributed by atoms with Gasteiger partial charge in [0.25, 0.3) is 0 Å². The Morgan fingerprint density at radius 3 is 2.39 bits per heavy atom. The van der Waals surface area contributed by atoms with Crippen LogP contribution < -0.4 is 5.73 Å². The fourth-order valence-corrected chi connectivity index (χ4v) is 2.50. The number of hydrogen-bond acceptors (Lipinski definition) is 3. The lowest BCUT2D eigenvalue weighted by molar-refractivity contribution is 0.166. The molecule has 0 radical (unpaired) electrons. The third-order valence-electron chi connectivity index (χ3n) is 2.88. The van der Waals surface area contributed by atoms with Gasteiger partial charge < -0.3 is 10.5 Å². The van der Waals surface area contributed by atoms with Gasteiger partial charge in [-0.2, -0.15) is 0 Å². The van der Waals surface area contributed by atoms with Crippen LogP contribution in [0.3, 0.4) is 0 Å². The van der Waals surface area contributed by atoms with Crippen LogP contribution in [-0.2, 0) is 4.74 Å². The third-order valence-corrected chi connectivity index (χ3v) is 3.32. The SMILES string of the molecule is COCCCN(C)C(CN)c1cc(Cl)cc(Cl)c1. The summed E-state index contributed by atoms with van der Waals surface area (Å²) >= 11 is 12.0. The van der Waals surface area contributed by atoms with Crippen molar-refractivity contribution in [3.63, 3.8) is 0 Å². The highest BCUT2D eigenvalue weighted by atomic mass is 35.5. The van der Waals surface area contributed by atoms with E-state index in [4.69, 9.17) is 33.7 Å². The molecule has 0 saturated heterocycles. The van der Waals surface area contributed by atoms with Gasteiger partial charge in [0.15, 0.2) is 0 Å². The number of nitrogens with zero attached hydrogens (tertiary/aromatic N) is 1. The fraction of sp³-hybridized carbons (Fsp3) is 0.538. The average molecular weight is 291 g/mol. The van der Waals surface area contributed by atoms with Gasteiger partial charge in [-0.3, -0.25) is 4.90 Å². The lowest BCUT2D eigenvalue weighted by Crippen LogP contribution is -2.31. The van der Waals surface area contributed by atoms with Crippen LogP contribution >= 0.6 is 23.2 Å². The van der Waals surface area contributed by atoms with Gasteiger partial charge in [-0.05, 0) is 37.2 Å². The summed E-state index contributed by atoms with van der Waals surface area (Å²) in [5.74, 6) is 0. The van der Waals surface area contributed by atoms with Crippen molar-refractivity contribution in [3.8, 4) is 0 Å². The predicted octanol–water partition coefficient (Wildman–Crippen LogP) is 2.96. The standard InChI is InChI=1S/C13H20Cl2N2O/c1-17(4-3-5-18-2)13(9-16)10-6-11(14)8-12(15)7-10/h6-8,13H,3-5,9,16H2,1-2H3. The molecule has 1 aromatic rings. The van der Waals surface area contributed by atoms with E-state index in [1.807, 2.05) is 19.2 Å². The van der Waals surface area contributed by atoms with Gasteiger partial charge >= 0.3 is 0 Å². The first-order valence-corrected chi connectivity index (χ1v) is 6.69. The maximum Gasteiger partial charge on any atom is 0.0474 e. The van der Waals surface area contributed by atoms with Crippen molar-refractivity contribution in [2.45, 2.75) is 12.5 Å². The van der Waals surface area contributed by atoms with Crippen LogP contribution in [0.1, 0.15) is 18.0 Å². The van der Waals surface area contributed by atoms with E-state index in [0.29, 0.717) is 16.6 Å². The minimum Gasteiger partial charge on any atom is -0.385 e. The van der Waals surface area contributed by atoms with Crippen molar-refractivity contribution in [1.82, 2.24) is 4.90 Å². The molecule has 0 spiro atoms. The van der Waals surface area contributed by atoms with Gasteiger partial charge in [0.05, 0.1) is 0 Å². The fourth-order valence-electron chi connectivity index (χ4n) is 1.95. The number of methoxy groups -OCH3 is 1. The van der Waals surface area contributed by atoms with Gasteiger partial charge in [-0.15, -0.1) is 0 Å². The molecule has 0 bridgehead atoms. The van der Waals surface area contributed by atoms with Crippen LogP contribution in [0.15, 0.2) is 18.2 Å². The van der Waals surface area contributed by atoms with E-state index in [1.165, 1.54) is 0 Å². The molecule has 0 aliphatic rings. The maximum absolute atomic E-state index is 6.02. The van der Waals surface area contributed by atoms with E-state index in [2.05, 4.69) is 4.90 Å². The van der Waals surface area contributed by atoms with Crippen LogP contribution in [0.25, 0.3) is 0 Å². The van der Waals surface area contributed by atoms with Crippen LogP contribution in [0.4, 0.5) is 0 Å². The summed E-state index contributed by atoms with van der Waals surface area (Å²) in [4.78, 5) is 2.20. The third kappa shape index (κ3) is 4.75. The number of benzene rings is 1. The first kappa shape index (κ1) is 15.7. The van der Waals surface area contributed by atoms with Crippen LogP contribution in [0.2, 0.25) is 10.0 Å². The van der Waals surface area contributed by atoms with Crippen molar-refractivity contribution in [3.05, 3.63) is 33.8 Å². The number of rotatable bonds is 7. The molecule has 5 heteroatoms. The van der Waals surface area contributed by atoms with Crippen molar-refractivity contribution in [2.24, 2.45) is 5.73 Å². The monoisotopic (exact) mass is 290 g/mol. The summed E-state index contributed by atoms with van der Waals surface area (Å²) in [7, 11) is 3.75. The molecule has 0 saturated carbocycles. The Balaban J connectivity index is 2.74. The van der Waals surface area contributed by atoms with Crippen molar-refractivity contribution >= 4 is 23.2 Å². The first-order valence-electron chi connectivity index (χ1n) is 5.93. The molecule has 0 aromatic heterocycles. The van der Waals surface area contributed by atoms with E-state index < -0.39 is 0 Å². The molecule has 18 heavy (non-hydrogen) atoms. The Morgan fingerprint density at radius 1 is 1.28 bits per heavy atom. The smallest absolute Gasteiger partial charge is 0.0474 e. The van der Waals surface area contributed by atoms with Gasteiger partial charge in [0.2, 0.25) is 0 Å². The quantitative estimate of drug-likeness (QED) is 0.785. The van der Waals surface area contributed by atoms with Crippen molar-refractivity contribution < 1.29 is 4.74 Å². The second-order valence-corrected chi connectivity index (χ2v) is 5.15. The summed E-state index contributed by atoms with van der Waals surface area (Å²) in [6.07, 6.45) is 0.970. The normalized spacial score (nSPS) is 13.0. The van der Waals surface area contributed by atoms with Crippen molar-refractivity contribution in [1.29, 1.82) is 0 Å². The summed E-state index contributed by atoms with van der Waals surface area (Å²) in [6.45, 7) is 2.19. The molecule has 0 fully saturated rings. The molecule has 102 valence electrons. The Bertz CT molecular complexity index is 354. The summed E-state index contributed by atoms with van der Waals surface area (Å²) in [5, 5.41) is 1.28. The zero-order valence-corrected chi connectivity index (χ0v) is 12.3. The molecule has 0 heterocycles. The average Bonchev–Trinajstić information content (AvgIpc) is 2.29. The molecular formula is C13H20Cl2N2O. The van der Waals surface area contributed by atoms with Gasteiger partial charge in [-0.25, -0.2) is 0 Å². The van der Waals surface area contributed by atoms with E-state index in [1.54, 1.807) is 13.2 Å². The number of nitrogens with two attached hydrogens (primary N) is 1. The Labute approximate surface area is 119 Å². The summed E-state index contributed by atoms with van der Waals surface area (Å²) < 4.78 is 5.05. The molecule has 0 aliphatic heterocycles. The highest BCUT2D eigenvalue weighted by Gasteiger charge is 2.16. The predicted molar refractivity (Wildman–Crippen MR) is 77.4 cm³/mol. The van der Waals surface area contributed by atoms with Gasteiger partial charge in [0, 0.05) is 42.9 Å². The molecule has 0 amide bonds. The summed E-state index contributed by atoms with van der Waals surface area (Å²) in [6, 6.07) is 5.68. The lowest BCUT2D eigenvalue weighted by Gasteiger charge is -2.27. The molecule has 2 N–H and O–H groups in total. The maximum atomic E-state index is 6.02. The largest absolute Gasteiger partial charge is 0.385 e. The molecule has 1 unspecified atom stereocenters. The highest BCUT2D eigenvalue weighted by Crippen LogP contribution is 2.26. The molecule has 3 nitrogen and oxygen atoms in total. The summed E-state index contributed by atoms with van der Waals surface area (Å²) in [5.41, 5.74) is 6.90. The van der Waals surface area contributed by atoms with Crippen molar-refractivity contribution in [2.75, 3.05) is 33.9 Å². The molecule has 1 aromatic carbocycles. The van der Waals surface area contributed by atoms with E-state index >= 15 is 0 Å². The van der Waals surface area contributed by atoms with Gasteiger partial charge in [0.1, 0.15) is 0 Å². The molecule has 1 rings (SSSR count). The Morgan fingerprint density at radius 2 is 1.89 bits per heavy atom. The Kier molecular flexibility index (Phi) is 6.97. The second-order valence-electron chi connectivity index (χ2n) is 4.28. The zero-order chi connectivity index (χ0) is 13.5. The van der Waals surface area contributed by atoms with Gasteiger partial charge in [-0.1, -0.05) is 23.2 Å². The number of ether oxygens (including phenoxy) is 1. The highest BCUT2D eigenvalue weighted by molar-refractivity contribution is 6.34. The molecule has 1 atom stereocenters. The topological polar surface area (TPSA) is 38.5 Å².